The van der Waals surface area contributed by atoms with Crippen molar-refractivity contribution in [2.24, 2.45) is 28.6 Å². The van der Waals surface area contributed by atoms with Crippen molar-refractivity contribution in [3.63, 3.8) is 0 Å². The highest BCUT2D eigenvalue weighted by Gasteiger charge is 2.79. The molecule has 0 aromatic rings. The van der Waals surface area contributed by atoms with E-state index in [0.717, 1.165) is 32.1 Å². The summed E-state index contributed by atoms with van der Waals surface area (Å²) in [4.78, 5) is 12.6. The van der Waals surface area contributed by atoms with Gasteiger partial charge in [-0.3, -0.25) is 4.79 Å². The maximum Gasteiger partial charge on any atom is 0.318 e. The summed E-state index contributed by atoms with van der Waals surface area (Å²) >= 11 is 0. The number of carbonyl (C=O) groups excluding carboxylic acids is 1. The lowest BCUT2D eigenvalue weighted by molar-refractivity contribution is -0.378. The average molecular weight is 308 g/mol. The number of hydrogen-bond donors (Lipinski definition) is 2. The van der Waals surface area contributed by atoms with E-state index in [2.05, 4.69) is 0 Å². The second-order valence-electron chi connectivity index (χ2n) is 8.43. The van der Waals surface area contributed by atoms with Gasteiger partial charge >= 0.3 is 5.97 Å². The van der Waals surface area contributed by atoms with Crippen LogP contribution in [0, 0.1) is 28.6 Å². The Balaban J connectivity index is 1.68. The van der Waals surface area contributed by atoms with Gasteiger partial charge < -0.3 is 19.7 Å². The highest BCUT2D eigenvalue weighted by Crippen LogP contribution is 2.72. The third-order valence-corrected chi connectivity index (χ3v) is 7.89. The van der Waals surface area contributed by atoms with Gasteiger partial charge in [-0.05, 0) is 44.4 Å². The summed E-state index contributed by atoms with van der Waals surface area (Å²) in [5.74, 6) is -1.05. The maximum absolute atomic E-state index is 12.6. The number of hydrogen-bond acceptors (Lipinski definition) is 5. The fourth-order valence-electron chi connectivity index (χ4n) is 6.88. The summed E-state index contributed by atoms with van der Waals surface area (Å²) in [6.45, 7) is 2.34. The smallest absolute Gasteiger partial charge is 0.318 e. The summed E-state index contributed by atoms with van der Waals surface area (Å²) < 4.78 is 11.6. The minimum absolute atomic E-state index is 0.0338. The minimum atomic E-state index is -1.37. The number of aliphatic hydroxyl groups excluding tert-OH is 1. The van der Waals surface area contributed by atoms with E-state index in [1.54, 1.807) is 0 Å². The van der Waals surface area contributed by atoms with Crippen molar-refractivity contribution in [1.82, 2.24) is 0 Å². The van der Waals surface area contributed by atoms with Crippen molar-refractivity contribution in [2.75, 3.05) is 6.61 Å². The fraction of sp³-hybridized carbons (Fsp3) is 0.941. The van der Waals surface area contributed by atoms with Crippen molar-refractivity contribution in [3.05, 3.63) is 0 Å². The molecular formula is C17H24O5. The molecule has 0 aromatic heterocycles. The number of esters is 1. The van der Waals surface area contributed by atoms with E-state index in [1.165, 1.54) is 0 Å². The number of ether oxygens (including phenoxy) is 2. The molecule has 0 amide bonds. The lowest BCUT2D eigenvalue weighted by atomic mass is 9.41. The van der Waals surface area contributed by atoms with Gasteiger partial charge in [0.1, 0.15) is 11.5 Å². The minimum Gasteiger partial charge on any atom is -0.461 e. The summed E-state index contributed by atoms with van der Waals surface area (Å²) in [6, 6.07) is 0. The topological polar surface area (TPSA) is 76.0 Å². The Kier molecular flexibility index (Phi) is 2.42. The molecule has 6 aliphatic rings. The first-order valence-corrected chi connectivity index (χ1v) is 8.68. The molecule has 2 bridgehead atoms. The second kappa shape index (κ2) is 3.87. The third kappa shape index (κ3) is 1.24. The zero-order valence-corrected chi connectivity index (χ0v) is 13.0. The molecule has 2 N–H and O–H groups in total. The lowest BCUT2D eigenvalue weighted by Crippen LogP contribution is -2.73. The quantitative estimate of drug-likeness (QED) is 0.658. The average Bonchev–Trinajstić information content (AvgIpc) is 2.77. The molecule has 8 unspecified atom stereocenters. The monoisotopic (exact) mass is 308 g/mol. The van der Waals surface area contributed by atoms with Crippen LogP contribution in [0.5, 0.6) is 0 Å². The molecule has 1 spiro atoms. The standard InChI is InChI=1S/C17H24O5/c1-15-13-12(22-14(15)19)7-9-10(3-2-4-11(9)18)16(13)5-6-17(15,20)21-8-16/h9-13,18,20H,2-8H2,1H3. The Morgan fingerprint density at radius 2 is 2.09 bits per heavy atom. The molecule has 5 heteroatoms. The molecule has 3 saturated heterocycles. The van der Waals surface area contributed by atoms with Gasteiger partial charge in [0.05, 0.1) is 12.7 Å². The molecule has 3 aliphatic carbocycles. The van der Waals surface area contributed by atoms with E-state index in [0.29, 0.717) is 18.9 Å². The molecule has 5 nitrogen and oxygen atoms in total. The number of carbonyl (C=O) groups is 1. The van der Waals surface area contributed by atoms with Crippen LogP contribution in [0.1, 0.15) is 45.4 Å². The zero-order chi connectivity index (χ0) is 15.3. The molecule has 3 heterocycles. The largest absolute Gasteiger partial charge is 0.461 e. The van der Waals surface area contributed by atoms with E-state index in [4.69, 9.17) is 9.47 Å². The van der Waals surface area contributed by atoms with E-state index in [9.17, 15) is 15.0 Å². The first kappa shape index (κ1) is 13.8. The molecule has 0 aromatic carbocycles. The van der Waals surface area contributed by atoms with Crippen LogP contribution in [-0.4, -0.2) is 40.8 Å². The Morgan fingerprint density at radius 3 is 2.82 bits per heavy atom. The van der Waals surface area contributed by atoms with Crippen molar-refractivity contribution >= 4 is 5.97 Å². The third-order valence-electron chi connectivity index (χ3n) is 7.89. The Bertz CT molecular complexity index is 537. The lowest BCUT2D eigenvalue weighted by Gasteiger charge is -2.67. The normalized spacial score (nSPS) is 62.3. The summed E-state index contributed by atoms with van der Waals surface area (Å²) in [6.07, 6.45) is 4.66. The molecular weight excluding hydrogens is 284 g/mol. The van der Waals surface area contributed by atoms with Gasteiger partial charge in [-0.1, -0.05) is 6.42 Å². The zero-order valence-electron chi connectivity index (χ0n) is 13.0. The van der Waals surface area contributed by atoms with Crippen LogP contribution >= 0.6 is 0 Å². The van der Waals surface area contributed by atoms with Crippen molar-refractivity contribution in [2.45, 2.75) is 63.4 Å². The van der Waals surface area contributed by atoms with Crippen LogP contribution in [0.3, 0.4) is 0 Å². The van der Waals surface area contributed by atoms with Gasteiger partial charge in [-0.25, -0.2) is 0 Å². The number of rotatable bonds is 0. The predicted molar refractivity (Wildman–Crippen MR) is 75.5 cm³/mol. The summed E-state index contributed by atoms with van der Waals surface area (Å²) in [5, 5.41) is 21.4. The highest BCUT2D eigenvalue weighted by atomic mass is 16.6. The molecule has 122 valence electrons. The van der Waals surface area contributed by atoms with Crippen LogP contribution in [0.25, 0.3) is 0 Å². The molecule has 8 atom stereocenters. The van der Waals surface area contributed by atoms with Crippen LogP contribution in [0.2, 0.25) is 0 Å². The molecule has 3 saturated carbocycles. The summed E-state index contributed by atoms with van der Waals surface area (Å²) in [5.41, 5.74) is -1.05. The van der Waals surface area contributed by atoms with Crippen LogP contribution in [0.4, 0.5) is 0 Å². The SMILES string of the molecule is CC12C(=O)OC3CC4C(O)CCCC4C4(CCC1(O)OC4)C32. The van der Waals surface area contributed by atoms with Crippen LogP contribution in [-0.2, 0) is 14.3 Å². The van der Waals surface area contributed by atoms with E-state index in [-0.39, 0.29) is 35.4 Å². The predicted octanol–water partition coefficient (Wildman–Crippen LogP) is 1.21. The van der Waals surface area contributed by atoms with Crippen molar-refractivity contribution in [1.29, 1.82) is 0 Å². The molecule has 6 fully saturated rings. The Morgan fingerprint density at radius 1 is 1.27 bits per heavy atom. The van der Waals surface area contributed by atoms with Crippen LogP contribution < -0.4 is 0 Å². The molecule has 3 aliphatic heterocycles. The molecule has 0 radical (unpaired) electrons. The Labute approximate surface area is 130 Å². The van der Waals surface area contributed by atoms with E-state index < -0.39 is 11.2 Å². The fourth-order valence-corrected chi connectivity index (χ4v) is 6.88. The molecule has 6 rings (SSSR count). The maximum atomic E-state index is 12.6. The second-order valence-corrected chi connectivity index (χ2v) is 8.43. The Hall–Kier alpha value is -0.650. The van der Waals surface area contributed by atoms with Crippen molar-refractivity contribution < 1.29 is 24.5 Å². The van der Waals surface area contributed by atoms with Crippen LogP contribution in [0.15, 0.2) is 0 Å². The van der Waals surface area contributed by atoms with Gasteiger partial charge in [0, 0.05) is 17.8 Å². The van der Waals surface area contributed by atoms with E-state index >= 15 is 0 Å². The highest BCUT2D eigenvalue weighted by molar-refractivity contribution is 5.81. The first-order chi connectivity index (χ1) is 10.4. The van der Waals surface area contributed by atoms with Gasteiger partial charge in [0.2, 0.25) is 0 Å². The van der Waals surface area contributed by atoms with Gasteiger partial charge in [0.15, 0.2) is 5.79 Å². The van der Waals surface area contributed by atoms with Gasteiger partial charge in [-0.2, -0.15) is 0 Å². The van der Waals surface area contributed by atoms with Gasteiger partial charge in [0.25, 0.3) is 0 Å². The first-order valence-electron chi connectivity index (χ1n) is 8.68. The van der Waals surface area contributed by atoms with Gasteiger partial charge in [-0.15, -0.1) is 0 Å². The summed E-state index contributed by atoms with van der Waals surface area (Å²) in [7, 11) is 0. The number of fused-ring (bicyclic) bond motifs is 3. The van der Waals surface area contributed by atoms with Crippen molar-refractivity contribution in [3.8, 4) is 0 Å². The molecule has 22 heavy (non-hydrogen) atoms. The number of aliphatic hydroxyl groups is 2. The van der Waals surface area contributed by atoms with E-state index in [1.807, 2.05) is 6.92 Å².